The van der Waals surface area contributed by atoms with E-state index < -0.39 is 145 Å². The van der Waals surface area contributed by atoms with Crippen molar-refractivity contribution in [3.05, 3.63) is 11.6 Å². The number of aliphatic carboxylic acids is 1. The first-order valence-corrected chi connectivity index (χ1v) is 24.3. The van der Waals surface area contributed by atoms with Crippen LogP contribution >= 0.6 is 0 Å². The van der Waals surface area contributed by atoms with Gasteiger partial charge in [0.05, 0.1) is 24.9 Å². The Hall–Kier alpha value is -1.92. The average molecular weight is 957 g/mol. The predicted molar refractivity (Wildman–Crippen MR) is 231 cm³/mol. The Kier molecular flexibility index (Phi) is 13.6. The highest BCUT2D eigenvalue weighted by atomic mass is 16.7. The third-order valence-electron chi connectivity index (χ3n) is 19.3. The maximum Gasteiger partial charge on any atom is 0.335 e. The van der Waals surface area contributed by atoms with Crippen LogP contribution in [-0.2, 0) is 38.0 Å². The normalized spacial score (nSPS) is 53.7. The molecule has 0 aromatic rings. The Labute approximate surface area is 391 Å². The molecule has 19 nitrogen and oxygen atoms in total. The minimum absolute atomic E-state index is 0.0546. The maximum absolute atomic E-state index is 14.7. The van der Waals surface area contributed by atoms with E-state index in [9.17, 15) is 65.8 Å². The van der Waals surface area contributed by atoms with Crippen molar-refractivity contribution in [1.82, 2.24) is 0 Å². The van der Waals surface area contributed by atoms with E-state index in [4.69, 9.17) is 28.4 Å². The van der Waals surface area contributed by atoms with Crippen LogP contribution < -0.4 is 0 Å². The summed E-state index contributed by atoms with van der Waals surface area (Å²) in [6.45, 7) is 16.1. The number of ether oxygens (including phenoxy) is 6. The van der Waals surface area contributed by atoms with Crippen LogP contribution in [-0.4, -0.2) is 179 Å². The second-order valence-electron chi connectivity index (χ2n) is 23.6. The number of hydrogen-bond donors (Lipinski definition) is 11. The molecule has 1 unspecified atom stereocenters. The van der Waals surface area contributed by atoms with E-state index in [1.165, 1.54) is 6.92 Å². The van der Waals surface area contributed by atoms with E-state index in [-0.39, 0.29) is 34.5 Å². The molecule has 0 radical (unpaired) electrons. The van der Waals surface area contributed by atoms with Crippen LogP contribution in [0.4, 0.5) is 0 Å². The lowest BCUT2D eigenvalue weighted by Gasteiger charge is -2.71. The van der Waals surface area contributed by atoms with E-state index >= 15 is 0 Å². The highest BCUT2D eigenvalue weighted by Gasteiger charge is 2.72. The molecular formula is C48H76O19. The van der Waals surface area contributed by atoms with Crippen LogP contribution in [0.1, 0.15) is 113 Å². The summed E-state index contributed by atoms with van der Waals surface area (Å²) in [5, 5.41) is 118. The van der Waals surface area contributed by atoms with Crippen molar-refractivity contribution in [3.8, 4) is 0 Å². The molecular weight excluding hydrogens is 881 g/mol. The van der Waals surface area contributed by atoms with Crippen LogP contribution in [0.25, 0.3) is 0 Å². The Morgan fingerprint density at radius 1 is 0.687 bits per heavy atom. The second kappa shape index (κ2) is 17.7. The Balaban J connectivity index is 1.05. The third-order valence-corrected chi connectivity index (χ3v) is 19.3. The fourth-order valence-corrected chi connectivity index (χ4v) is 15.1. The van der Waals surface area contributed by atoms with Crippen molar-refractivity contribution in [2.24, 2.45) is 50.2 Å². The number of fused-ring (bicyclic) bond motifs is 7. The van der Waals surface area contributed by atoms with E-state index in [1.54, 1.807) is 0 Å². The smallest absolute Gasteiger partial charge is 0.335 e. The van der Waals surface area contributed by atoms with Crippen LogP contribution in [0.5, 0.6) is 0 Å². The van der Waals surface area contributed by atoms with Crippen LogP contribution in [0, 0.1) is 50.2 Å². The topological polar surface area (TPSA) is 312 Å². The fraction of sp³-hybridized carbons (Fsp3) is 0.917. The molecule has 3 heterocycles. The van der Waals surface area contributed by atoms with Gasteiger partial charge in [0, 0.05) is 0 Å². The lowest BCUT2D eigenvalue weighted by molar-refractivity contribution is -0.363. The maximum atomic E-state index is 14.7. The van der Waals surface area contributed by atoms with Gasteiger partial charge in [0.15, 0.2) is 18.7 Å². The summed E-state index contributed by atoms with van der Waals surface area (Å²) in [6.07, 6.45) is -18.7. The van der Waals surface area contributed by atoms with Crippen molar-refractivity contribution >= 4 is 11.9 Å². The van der Waals surface area contributed by atoms with Gasteiger partial charge in [0.25, 0.3) is 0 Å². The van der Waals surface area contributed by atoms with Crippen molar-refractivity contribution < 1.29 is 94.2 Å². The number of aliphatic hydroxyl groups excluding tert-OH is 10. The Morgan fingerprint density at radius 2 is 1.33 bits per heavy atom. The van der Waals surface area contributed by atoms with Crippen LogP contribution in [0.3, 0.4) is 0 Å². The number of carbonyl (C=O) groups is 2. The minimum atomic E-state index is -1.93. The zero-order valence-corrected chi connectivity index (χ0v) is 39.9. The summed E-state index contributed by atoms with van der Waals surface area (Å²) < 4.78 is 35.2. The number of carboxylic acids is 1. The first-order chi connectivity index (χ1) is 31.1. The van der Waals surface area contributed by atoms with Crippen molar-refractivity contribution in [2.75, 3.05) is 6.61 Å². The molecule has 0 aromatic heterocycles. The average Bonchev–Trinajstić information content (AvgIpc) is 3.25. The molecule has 0 amide bonds. The third kappa shape index (κ3) is 7.88. The standard InChI is InChI=1S/C48H76O19/c1-20-28(51)30(53)32(55)39(62-20)65-36-34(57)37(38(59)60)66-41(35(36)58)64-27-12-13-45(6)24(44(27,4)5)11-14-46(7)25(45)10-9-21-22-17-43(2,3)15-16-48(22,26(50)18-47(21,46)8)42(61)67-40-33(56)31(54)29(52)23(19-49)63-40/h9,20,22-37,39-41,49-58H,10-19H2,1-8H3,(H,59,60)/t20-,22-,23+,24-,25+,26-,27-,28-,29+,30+,31-,32+,33+,34-,35+,36-,37-,39-,40-,41?,45-,46+,47+,48+/m0/s1. The molecule has 7 fully saturated rings. The van der Waals surface area contributed by atoms with E-state index in [1.807, 2.05) is 0 Å². The Bertz CT molecular complexity index is 1890. The van der Waals surface area contributed by atoms with E-state index in [0.717, 1.165) is 18.4 Å². The summed E-state index contributed by atoms with van der Waals surface area (Å²) in [5.74, 6) is -2.55. The number of esters is 1. The molecule has 0 bridgehead atoms. The van der Waals surface area contributed by atoms with Gasteiger partial charge in [-0.15, -0.1) is 0 Å². The Morgan fingerprint density at radius 3 is 1.99 bits per heavy atom. The van der Waals surface area contributed by atoms with Crippen molar-refractivity contribution in [3.63, 3.8) is 0 Å². The lowest BCUT2D eigenvalue weighted by Crippen LogP contribution is -2.68. The zero-order chi connectivity index (χ0) is 49.3. The molecule has 0 aromatic carbocycles. The molecule has 382 valence electrons. The van der Waals surface area contributed by atoms with Gasteiger partial charge in [-0.2, -0.15) is 0 Å². The number of carbonyl (C=O) groups excluding carboxylic acids is 1. The van der Waals surface area contributed by atoms with Gasteiger partial charge in [-0.25, -0.2) is 4.79 Å². The van der Waals surface area contributed by atoms with E-state index in [0.29, 0.717) is 38.5 Å². The molecule has 24 atom stereocenters. The summed E-state index contributed by atoms with van der Waals surface area (Å²) in [4.78, 5) is 27.1. The summed E-state index contributed by atoms with van der Waals surface area (Å²) >= 11 is 0. The van der Waals surface area contributed by atoms with E-state index in [2.05, 4.69) is 54.5 Å². The molecule has 19 heteroatoms. The molecule has 3 saturated heterocycles. The van der Waals surface area contributed by atoms with Gasteiger partial charge >= 0.3 is 11.9 Å². The first kappa shape index (κ1) is 51.4. The summed E-state index contributed by atoms with van der Waals surface area (Å²) in [5.41, 5.74) is -2.24. The molecule has 4 saturated carbocycles. The fourth-order valence-electron chi connectivity index (χ4n) is 15.1. The number of aliphatic hydroxyl groups is 10. The molecule has 8 rings (SSSR count). The summed E-state index contributed by atoms with van der Waals surface area (Å²) in [6, 6.07) is 0. The van der Waals surface area contributed by atoms with Crippen LogP contribution in [0.2, 0.25) is 0 Å². The molecule has 5 aliphatic carbocycles. The quantitative estimate of drug-likeness (QED) is 0.0882. The second-order valence-corrected chi connectivity index (χ2v) is 23.6. The minimum Gasteiger partial charge on any atom is -0.479 e. The van der Waals surface area contributed by atoms with Gasteiger partial charge < -0.3 is 84.6 Å². The molecule has 11 N–H and O–H groups in total. The number of hydrogen-bond acceptors (Lipinski definition) is 18. The van der Waals surface area contributed by atoms with Gasteiger partial charge in [-0.05, 0) is 110 Å². The number of allylic oxidation sites excluding steroid dienone is 2. The molecule has 0 spiro atoms. The van der Waals surface area contributed by atoms with Gasteiger partial charge in [0.1, 0.15) is 66.5 Å². The highest BCUT2D eigenvalue weighted by Crippen LogP contribution is 2.76. The number of carboxylic acid groups (broad SMARTS) is 1. The van der Waals surface area contributed by atoms with Gasteiger partial charge in [-0.3, -0.25) is 4.79 Å². The molecule has 3 aliphatic heterocycles. The highest BCUT2D eigenvalue weighted by molar-refractivity contribution is 5.80. The first-order valence-electron chi connectivity index (χ1n) is 24.3. The van der Waals surface area contributed by atoms with Crippen LogP contribution in [0.15, 0.2) is 11.6 Å². The van der Waals surface area contributed by atoms with Crippen molar-refractivity contribution in [1.29, 1.82) is 0 Å². The van der Waals surface area contributed by atoms with Gasteiger partial charge in [-0.1, -0.05) is 60.1 Å². The molecule has 67 heavy (non-hydrogen) atoms. The van der Waals surface area contributed by atoms with Crippen molar-refractivity contribution in [2.45, 2.75) is 218 Å². The lowest BCUT2D eigenvalue weighted by atomic mass is 9.33. The monoisotopic (exact) mass is 956 g/mol. The SMILES string of the molecule is C[C@@H]1O[C@@H](O[C@H]2[C@H](O)[C@@H](C(=O)O)OC(O[C@H]3CC[C@]4(C)[C@H]5CC=C6[C@@H]7CC(C)(C)CC[C@]7(C(=O)O[C@@H]7O[C@H](CO)[C@@H](O)[C@H](O)[C@H]7O)[C@@H](O)C[C@@]6(C)[C@]5(C)CC[C@H]4C3(C)C)[C@@H]2O)[C@H](O)[C@H](O)[C@H]1O. The molecule has 8 aliphatic rings. The van der Waals surface area contributed by atoms with Gasteiger partial charge in [0.2, 0.25) is 6.29 Å². The number of rotatable bonds is 8. The largest absolute Gasteiger partial charge is 0.479 e. The summed E-state index contributed by atoms with van der Waals surface area (Å²) in [7, 11) is 0. The zero-order valence-electron chi connectivity index (χ0n) is 39.9. The predicted octanol–water partition coefficient (Wildman–Crippen LogP) is 0.231.